The molecule has 9 nitrogen and oxygen atoms in total. The molecular formula is C15H18N2O7. The van der Waals surface area contributed by atoms with E-state index >= 15 is 0 Å². The lowest BCUT2D eigenvalue weighted by Gasteiger charge is -2.35. The summed E-state index contributed by atoms with van der Waals surface area (Å²) in [7, 11) is 0. The molecule has 0 aromatic rings. The molecule has 0 bridgehead atoms. The van der Waals surface area contributed by atoms with Crippen molar-refractivity contribution in [1.82, 2.24) is 0 Å². The van der Waals surface area contributed by atoms with Gasteiger partial charge in [0.2, 0.25) is 5.78 Å². The molecule has 0 amide bonds. The highest BCUT2D eigenvalue weighted by atomic mass is 16.7. The topological polar surface area (TPSA) is 130 Å². The lowest BCUT2D eigenvalue weighted by atomic mass is 9.67. The van der Waals surface area contributed by atoms with Gasteiger partial charge in [0.15, 0.2) is 0 Å². The maximum Gasteiger partial charge on any atom is 0.360 e. The van der Waals surface area contributed by atoms with Gasteiger partial charge < -0.3 is 4.74 Å². The molecule has 1 saturated carbocycles. The summed E-state index contributed by atoms with van der Waals surface area (Å²) < 4.78 is 5.38. The summed E-state index contributed by atoms with van der Waals surface area (Å²) in [6, 6.07) is 0. The fourth-order valence-corrected chi connectivity index (χ4v) is 4.77. The molecule has 0 aromatic heterocycles. The first-order chi connectivity index (χ1) is 11.1. The Hall–Kier alpha value is -2.32. The monoisotopic (exact) mass is 338 g/mol. The van der Waals surface area contributed by atoms with Crippen LogP contribution in [0.2, 0.25) is 0 Å². The summed E-state index contributed by atoms with van der Waals surface area (Å²) in [5, 5.41) is 23.9. The summed E-state index contributed by atoms with van der Waals surface area (Å²) in [5.74, 6) is -3.35. The molecule has 0 N–H and O–H groups in total. The van der Waals surface area contributed by atoms with Crippen LogP contribution in [0.25, 0.3) is 0 Å². The van der Waals surface area contributed by atoms with Gasteiger partial charge in [-0.3, -0.25) is 29.8 Å². The van der Waals surface area contributed by atoms with Crippen LogP contribution >= 0.6 is 0 Å². The molecule has 0 unspecified atom stereocenters. The molecule has 1 saturated heterocycles. The SMILES string of the molecule is CC1=CC(=O)[C@]2([N+](=O)[O-])[C@H]1[C@H]1OC(=O)[C@H](C)[C@@H]1CC[C@@]2(C)[N+](=O)[O-]. The first kappa shape index (κ1) is 16.5. The molecule has 0 spiro atoms. The molecular weight excluding hydrogens is 320 g/mol. The second-order valence-electron chi connectivity index (χ2n) is 7.18. The van der Waals surface area contributed by atoms with Gasteiger partial charge >= 0.3 is 11.5 Å². The number of hydrogen-bond acceptors (Lipinski definition) is 7. The van der Waals surface area contributed by atoms with E-state index in [1.807, 2.05) is 0 Å². The second kappa shape index (κ2) is 4.84. The zero-order chi connectivity index (χ0) is 18.0. The predicted molar refractivity (Wildman–Crippen MR) is 79.1 cm³/mol. The third kappa shape index (κ3) is 1.64. The van der Waals surface area contributed by atoms with Crippen LogP contribution in [0.1, 0.15) is 33.6 Å². The highest BCUT2D eigenvalue weighted by molar-refractivity contribution is 6.02. The average molecular weight is 338 g/mol. The number of esters is 1. The Morgan fingerprint density at radius 1 is 1.25 bits per heavy atom. The number of carbonyl (C=O) groups is 2. The first-order valence-corrected chi connectivity index (χ1v) is 7.81. The maximum absolute atomic E-state index is 12.6. The van der Waals surface area contributed by atoms with Gasteiger partial charge in [-0.2, -0.15) is 0 Å². The third-order valence-corrected chi connectivity index (χ3v) is 6.17. The van der Waals surface area contributed by atoms with Gasteiger partial charge in [-0.25, -0.2) is 0 Å². The maximum atomic E-state index is 12.6. The normalized spacial score (nSPS) is 44.2. The number of fused-ring (bicyclic) bond motifs is 3. The molecule has 24 heavy (non-hydrogen) atoms. The summed E-state index contributed by atoms with van der Waals surface area (Å²) >= 11 is 0. The van der Waals surface area contributed by atoms with Gasteiger partial charge in [0.25, 0.3) is 5.54 Å². The first-order valence-electron chi connectivity index (χ1n) is 7.81. The Balaban J connectivity index is 2.28. The van der Waals surface area contributed by atoms with E-state index < -0.39 is 50.6 Å². The fraction of sp³-hybridized carbons (Fsp3) is 0.733. The Morgan fingerprint density at radius 3 is 2.42 bits per heavy atom. The number of hydrogen-bond donors (Lipinski definition) is 0. The Bertz CT molecular complexity index is 702. The molecule has 0 aromatic carbocycles. The van der Waals surface area contributed by atoms with E-state index in [1.54, 1.807) is 6.92 Å². The van der Waals surface area contributed by atoms with Crippen LogP contribution in [0.5, 0.6) is 0 Å². The van der Waals surface area contributed by atoms with Gasteiger partial charge in [-0.15, -0.1) is 0 Å². The zero-order valence-corrected chi connectivity index (χ0v) is 13.6. The van der Waals surface area contributed by atoms with Gasteiger partial charge in [0.05, 0.1) is 5.92 Å². The van der Waals surface area contributed by atoms with Gasteiger partial charge in [0.1, 0.15) is 12.0 Å². The summed E-state index contributed by atoms with van der Waals surface area (Å²) in [6.07, 6.45) is 0.283. The van der Waals surface area contributed by atoms with E-state index in [0.29, 0.717) is 5.57 Å². The van der Waals surface area contributed by atoms with Crippen LogP contribution in [0, 0.1) is 38.0 Å². The summed E-state index contributed by atoms with van der Waals surface area (Å²) in [6.45, 7) is 4.36. The Morgan fingerprint density at radius 2 is 1.88 bits per heavy atom. The van der Waals surface area contributed by atoms with Gasteiger partial charge in [-0.1, -0.05) is 12.5 Å². The zero-order valence-electron chi connectivity index (χ0n) is 13.6. The largest absolute Gasteiger partial charge is 0.461 e. The lowest BCUT2D eigenvalue weighted by molar-refractivity contribution is -0.675. The van der Waals surface area contributed by atoms with Crippen molar-refractivity contribution in [3.63, 3.8) is 0 Å². The smallest absolute Gasteiger partial charge is 0.360 e. The van der Waals surface area contributed by atoms with Crippen molar-refractivity contribution in [2.45, 2.75) is 50.8 Å². The standard InChI is InChI=1S/C15H18N2O7/c1-7-6-10(18)15(17(22)23)11(7)12-9(8(2)13(19)24-12)4-5-14(15,3)16(20)21/h6,8-9,11-12H,4-5H2,1-3H3/t8-,9+,11-,12+,14-,15+/m1/s1. The average Bonchev–Trinajstić information content (AvgIpc) is 2.85. The molecule has 130 valence electrons. The van der Waals surface area contributed by atoms with Crippen LogP contribution in [-0.2, 0) is 14.3 Å². The molecule has 6 atom stereocenters. The van der Waals surface area contributed by atoms with Crippen LogP contribution in [0.3, 0.4) is 0 Å². The minimum Gasteiger partial charge on any atom is -0.461 e. The minimum atomic E-state index is -2.44. The van der Waals surface area contributed by atoms with Crippen LogP contribution < -0.4 is 0 Å². The van der Waals surface area contributed by atoms with Crippen molar-refractivity contribution in [2.24, 2.45) is 17.8 Å². The van der Waals surface area contributed by atoms with Crippen molar-refractivity contribution < 1.29 is 24.2 Å². The van der Waals surface area contributed by atoms with E-state index in [0.717, 1.165) is 6.08 Å². The molecule has 2 aliphatic carbocycles. The number of carbonyl (C=O) groups excluding carboxylic acids is 2. The van der Waals surface area contributed by atoms with Crippen molar-refractivity contribution in [2.75, 3.05) is 0 Å². The number of nitro groups is 2. The highest BCUT2D eigenvalue weighted by Gasteiger charge is 2.81. The van der Waals surface area contributed by atoms with Crippen molar-refractivity contribution >= 4 is 11.8 Å². The Labute approximate surface area is 137 Å². The van der Waals surface area contributed by atoms with Gasteiger partial charge in [0, 0.05) is 29.1 Å². The fourth-order valence-electron chi connectivity index (χ4n) is 4.77. The molecule has 0 radical (unpaired) electrons. The summed E-state index contributed by atoms with van der Waals surface area (Å²) in [5.41, 5.74) is -4.14. The number of rotatable bonds is 2. The van der Waals surface area contributed by atoms with Crippen molar-refractivity contribution in [1.29, 1.82) is 0 Å². The highest BCUT2D eigenvalue weighted by Crippen LogP contribution is 2.55. The van der Waals surface area contributed by atoms with Gasteiger partial charge in [-0.05, 0) is 19.4 Å². The van der Waals surface area contributed by atoms with E-state index in [2.05, 4.69) is 0 Å². The van der Waals surface area contributed by atoms with E-state index in [1.165, 1.54) is 13.8 Å². The molecule has 9 heteroatoms. The van der Waals surface area contributed by atoms with Crippen LogP contribution in [-0.4, -0.2) is 38.8 Å². The van der Waals surface area contributed by atoms with E-state index in [-0.39, 0.29) is 18.8 Å². The minimum absolute atomic E-state index is 0.160. The molecule has 1 heterocycles. The number of ether oxygens (including phenoxy) is 1. The predicted octanol–water partition coefficient (Wildman–Crippen LogP) is 1.15. The van der Waals surface area contributed by atoms with Crippen molar-refractivity contribution in [3.8, 4) is 0 Å². The number of nitrogens with zero attached hydrogens (tertiary/aromatic N) is 2. The Kier molecular flexibility index (Phi) is 3.33. The van der Waals surface area contributed by atoms with Crippen LogP contribution in [0.15, 0.2) is 11.6 Å². The molecule has 3 aliphatic rings. The summed E-state index contributed by atoms with van der Waals surface area (Å²) in [4.78, 5) is 46.9. The lowest BCUT2D eigenvalue weighted by Crippen LogP contribution is -2.68. The van der Waals surface area contributed by atoms with Crippen molar-refractivity contribution in [3.05, 3.63) is 31.9 Å². The van der Waals surface area contributed by atoms with Crippen LogP contribution in [0.4, 0.5) is 0 Å². The third-order valence-electron chi connectivity index (χ3n) is 6.17. The quantitative estimate of drug-likeness (QED) is 0.419. The second-order valence-corrected chi connectivity index (χ2v) is 7.18. The molecule has 3 rings (SSSR count). The molecule has 2 fully saturated rings. The molecule has 1 aliphatic heterocycles. The number of ketones is 1. The van der Waals surface area contributed by atoms with E-state index in [9.17, 15) is 29.8 Å². The van der Waals surface area contributed by atoms with E-state index in [4.69, 9.17) is 4.74 Å².